The molecular weight excluding hydrogens is 228 g/mol. The second kappa shape index (κ2) is 2.46. The van der Waals surface area contributed by atoms with Gasteiger partial charge in [0.1, 0.15) is 0 Å². The van der Waals surface area contributed by atoms with E-state index in [-0.39, 0.29) is 0 Å². The number of hydrogen-bond donors (Lipinski definition) is 0. The summed E-state index contributed by atoms with van der Waals surface area (Å²) in [5.74, 6) is 7.19. The standard InChI is InChI=1S/C19H30/c1-9-12-8-13-10(2)17(6)16(4,5)15(9)19(13)14(12)11(3)18(17,19)7/h9-15H,8H2,1-7H3. The van der Waals surface area contributed by atoms with Gasteiger partial charge in [-0.2, -0.15) is 0 Å². The second-order valence-electron chi connectivity index (χ2n) is 10.0. The molecule has 5 fully saturated rings. The van der Waals surface area contributed by atoms with Crippen LogP contribution in [0, 0.1) is 63.1 Å². The Morgan fingerprint density at radius 1 is 0.842 bits per heavy atom. The minimum Gasteiger partial charge on any atom is -0.0619 e. The molecule has 0 heteroatoms. The molecule has 10 atom stereocenters. The molecule has 0 radical (unpaired) electrons. The lowest BCUT2D eigenvalue weighted by atomic mass is 9.39. The summed E-state index contributed by atoms with van der Waals surface area (Å²) >= 11 is 0. The Hall–Kier alpha value is 0. The van der Waals surface area contributed by atoms with Crippen LogP contribution in [-0.2, 0) is 0 Å². The molecule has 0 aliphatic heterocycles. The Kier molecular flexibility index (Phi) is 1.51. The summed E-state index contributed by atoms with van der Waals surface area (Å²) in [5, 5.41) is 0. The topological polar surface area (TPSA) is 0 Å². The van der Waals surface area contributed by atoms with Gasteiger partial charge in [-0.05, 0) is 69.5 Å². The van der Waals surface area contributed by atoms with Crippen LogP contribution < -0.4 is 0 Å². The molecule has 106 valence electrons. The Labute approximate surface area is 118 Å². The predicted molar refractivity (Wildman–Crippen MR) is 78.5 cm³/mol. The lowest BCUT2D eigenvalue weighted by Gasteiger charge is -2.64. The number of rotatable bonds is 0. The predicted octanol–water partition coefficient (Wildman–Crippen LogP) is 4.84. The Bertz CT molecular complexity index is 500. The van der Waals surface area contributed by atoms with Crippen molar-refractivity contribution in [2.45, 2.75) is 54.9 Å². The molecule has 0 N–H and O–H groups in total. The largest absolute Gasteiger partial charge is 0.0619 e. The summed E-state index contributed by atoms with van der Waals surface area (Å²) in [4.78, 5) is 0. The molecule has 5 aliphatic carbocycles. The fraction of sp³-hybridized carbons (Fsp3) is 1.00. The SMILES string of the molecule is CC1C2CC3C(C)C4(C)C(C)(C)C1C31C2C(C)C14C. The van der Waals surface area contributed by atoms with E-state index in [4.69, 9.17) is 0 Å². The van der Waals surface area contributed by atoms with E-state index in [1.165, 1.54) is 0 Å². The van der Waals surface area contributed by atoms with Crippen molar-refractivity contribution in [2.24, 2.45) is 63.1 Å². The first-order valence-corrected chi connectivity index (χ1v) is 8.70. The van der Waals surface area contributed by atoms with E-state index in [9.17, 15) is 0 Å². The fourth-order valence-corrected chi connectivity index (χ4v) is 10.6. The molecular formula is C19H30. The minimum absolute atomic E-state index is 0.551. The van der Waals surface area contributed by atoms with E-state index >= 15 is 0 Å². The normalized spacial score (nSPS) is 77.5. The lowest BCUT2D eigenvalue weighted by molar-refractivity contribution is -0.178. The van der Waals surface area contributed by atoms with E-state index in [1.807, 2.05) is 0 Å². The molecule has 0 aromatic heterocycles. The lowest BCUT2D eigenvalue weighted by Crippen LogP contribution is -2.61. The van der Waals surface area contributed by atoms with Gasteiger partial charge in [0, 0.05) is 0 Å². The molecule has 0 aromatic rings. The van der Waals surface area contributed by atoms with Gasteiger partial charge in [0.2, 0.25) is 0 Å². The van der Waals surface area contributed by atoms with Crippen LogP contribution in [0.15, 0.2) is 0 Å². The van der Waals surface area contributed by atoms with Crippen LogP contribution in [0.25, 0.3) is 0 Å². The zero-order valence-electron chi connectivity index (χ0n) is 13.7. The van der Waals surface area contributed by atoms with Gasteiger partial charge < -0.3 is 0 Å². The average molecular weight is 258 g/mol. The van der Waals surface area contributed by atoms with Crippen LogP contribution >= 0.6 is 0 Å². The maximum Gasteiger partial charge on any atom is -0.0134 e. The van der Waals surface area contributed by atoms with Crippen molar-refractivity contribution in [2.75, 3.05) is 0 Å². The monoisotopic (exact) mass is 258 g/mol. The first kappa shape index (κ1) is 11.6. The van der Waals surface area contributed by atoms with Gasteiger partial charge in [0.25, 0.3) is 0 Å². The smallest absolute Gasteiger partial charge is 0.0134 e. The van der Waals surface area contributed by atoms with Crippen molar-refractivity contribution in [1.82, 2.24) is 0 Å². The maximum absolute atomic E-state index is 2.72. The summed E-state index contributed by atoms with van der Waals surface area (Å²) in [6, 6.07) is 0. The molecule has 3 bridgehead atoms. The van der Waals surface area contributed by atoms with Crippen LogP contribution in [0.5, 0.6) is 0 Å². The third-order valence-electron chi connectivity index (χ3n) is 10.9. The van der Waals surface area contributed by atoms with E-state index < -0.39 is 0 Å². The Morgan fingerprint density at radius 2 is 1.47 bits per heavy atom. The van der Waals surface area contributed by atoms with Gasteiger partial charge in [-0.15, -0.1) is 0 Å². The van der Waals surface area contributed by atoms with Gasteiger partial charge in [0.15, 0.2) is 0 Å². The quantitative estimate of drug-likeness (QED) is 0.583. The van der Waals surface area contributed by atoms with Gasteiger partial charge in [-0.3, -0.25) is 0 Å². The van der Waals surface area contributed by atoms with Crippen molar-refractivity contribution < 1.29 is 0 Å². The average Bonchev–Trinajstić information content (AvgIpc) is 2.86. The van der Waals surface area contributed by atoms with Crippen LogP contribution in [0.2, 0.25) is 0 Å². The molecule has 0 amide bonds. The summed E-state index contributed by atoms with van der Waals surface area (Å²) in [6.45, 7) is 18.5. The molecule has 0 nitrogen and oxygen atoms in total. The third-order valence-corrected chi connectivity index (χ3v) is 10.9. The summed E-state index contributed by atoms with van der Waals surface area (Å²) in [5.41, 5.74) is 2.52. The highest BCUT2D eigenvalue weighted by Gasteiger charge is 2.97. The first-order chi connectivity index (χ1) is 8.70. The van der Waals surface area contributed by atoms with E-state index in [1.54, 1.807) is 6.42 Å². The fourth-order valence-electron chi connectivity index (χ4n) is 10.6. The van der Waals surface area contributed by atoms with Crippen LogP contribution in [0.4, 0.5) is 0 Å². The van der Waals surface area contributed by atoms with Crippen molar-refractivity contribution in [3.05, 3.63) is 0 Å². The van der Waals surface area contributed by atoms with Gasteiger partial charge in [-0.25, -0.2) is 0 Å². The molecule has 0 heterocycles. The molecule has 0 saturated heterocycles. The Morgan fingerprint density at radius 3 is 2.11 bits per heavy atom. The molecule has 5 saturated carbocycles. The van der Waals surface area contributed by atoms with Crippen molar-refractivity contribution >= 4 is 0 Å². The maximum atomic E-state index is 2.72. The highest BCUT2D eigenvalue weighted by atomic mass is 15.0. The molecule has 19 heavy (non-hydrogen) atoms. The molecule has 5 aliphatic rings. The van der Waals surface area contributed by atoms with Crippen molar-refractivity contribution in [3.63, 3.8) is 0 Å². The van der Waals surface area contributed by atoms with E-state index in [2.05, 4.69) is 48.5 Å². The van der Waals surface area contributed by atoms with Gasteiger partial charge in [0.05, 0.1) is 0 Å². The third kappa shape index (κ3) is 0.609. The molecule has 5 rings (SSSR count). The summed E-state index contributed by atoms with van der Waals surface area (Å²) in [7, 11) is 0. The van der Waals surface area contributed by atoms with Gasteiger partial charge in [-0.1, -0.05) is 48.5 Å². The van der Waals surface area contributed by atoms with Crippen LogP contribution in [-0.4, -0.2) is 0 Å². The van der Waals surface area contributed by atoms with Crippen LogP contribution in [0.3, 0.4) is 0 Å². The number of hydrogen-bond acceptors (Lipinski definition) is 0. The first-order valence-electron chi connectivity index (χ1n) is 8.70. The van der Waals surface area contributed by atoms with E-state index in [0.29, 0.717) is 16.2 Å². The summed E-state index contributed by atoms with van der Waals surface area (Å²) < 4.78 is 0. The second-order valence-corrected chi connectivity index (χ2v) is 10.0. The minimum atomic E-state index is 0.551. The van der Waals surface area contributed by atoms with Gasteiger partial charge >= 0.3 is 0 Å². The zero-order chi connectivity index (χ0) is 13.7. The zero-order valence-corrected chi connectivity index (χ0v) is 13.7. The summed E-state index contributed by atoms with van der Waals surface area (Å²) in [6.07, 6.45) is 1.58. The van der Waals surface area contributed by atoms with Crippen molar-refractivity contribution in [1.29, 1.82) is 0 Å². The highest BCUT2D eigenvalue weighted by Crippen LogP contribution is 3.01. The molecule has 0 aromatic carbocycles. The molecule has 1 spiro atoms. The van der Waals surface area contributed by atoms with Crippen LogP contribution in [0.1, 0.15) is 54.9 Å². The van der Waals surface area contributed by atoms with E-state index in [0.717, 1.165) is 46.8 Å². The van der Waals surface area contributed by atoms with Crippen molar-refractivity contribution in [3.8, 4) is 0 Å². The molecule has 10 unspecified atom stereocenters. The Balaban J connectivity index is 1.90. The highest BCUT2D eigenvalue weighted by molar-refractivity contribution is 5.44.